The number of allylic oxidation sites excluding steroid dienone is 4. The Morgan fingerprint density at radius 3 is 1.52 bits per heavy atom. The van der Waals surface area contributed by atoms with Crippen LogP contribution in [0.2, 0.25) is 0 Å². The summed E-state index contributed by atoms with van der Waals surface area (Å²) in [5, 5.41) is 0. The lowest BCUT2D eigenvalue weighted by Gasteiger charge is -2.14. The fraction of sp³-hybridized carbons (Fsp3) is 0.0263. The summed E-state index contributed by atoms with van der Waals surface area (Å²) in [7, 11) is 0. The van der Waals surface area contributed by atoms with Crippen LogP contribution in [-0.4, -0.2) is 24.9 Å². The highest BCUT2D eigenvalue weighted by Crippen LogP contribution is 2.35. The number of hydrogen-bond donors (Lipinski definition) is 1. The van der Waals surface area contributed by atoms with Crippen molar-refractivity contribution in [3.05, 3.63) is 158 Å². The number of nitrogens with two attached hydrogens (primary N) is 1. The Labute approximate surface area is 257 Å². The Bertz CT molecular complexity index is 1920. The third-order valence-corrected chi connectivity index (χ3v) is 7.20. The molecule has 44 heavy (non-hydrogen) atoms. The van der Waals surface area contributed by atoms with E-state index < -0.39 is 0 Å². The number of hydrogen-bond acceptors (Lipinski definition) is 6. The lowest BCUT2D eigenvalue weighted by atomic mass is 9.94. The van der Waals surface area contributed by atoms with Crippen molar-refractivity contribution >= 4 is 5.57 Å². The second-order valence-corrected chi connectivity index (χ2v) is 10.2. The molecular weight excluding hydrogens is 540 g/mol. The lowest BCUT2D eigenvalue weighted by Crippen LogP contribution is -1.97. The molecule has 0 aliphatic carbocycles. The largest absolute Gasteiger partial charge is 0.404 e. The summed E-state index contributed by atoms with van der Waals surface area (Å²) in [6, 6.07) is 26.8. The molecule has 0 aliphatic rings. The van der Waals surface area contributed by atoms with Crippen LogP contribution in [-0.2, 0) is 0 Å². The van der Waals surface area contributed by atoms with Gasteiger partial charge in [0.25, 0.3) is 0 Å². The van der Waals surface area contributed by atoms with Crippen molar-refractivity contribution in [2.45, 2.75) is 6.92 Å². The van der Waals surface area contributed by atoms with Crippen LogP contribution in [0.15, 0.2) is 147 Å². The average Bonchev–Trinajstić information content (AvgIpc) is 3.09. The Kier molecular flexibility index (Phi) is 8.23. The maximum Gasteiger partial charge on any atom is 0.126 e. The van der Waals surface area contributed by atoms with Gasteiger partial charge in [-0.3, -0.25) is 15.0 Å². The molecule has 0 spiro atoms. The van der Waals surface area contributed by atoms with Crippen molar-refractivity contribution in [3.63, 3.8) is 0 Å². The summed E-state index contributed by atoms with van der Waals surface area (Å²) in [6.45, 7) is 5.72. The van der Waals surface area contributed by atoms with Gasteiger partial charge in [-0.25, -0.2) is 9.97 Å². The van der Waals surface area contributed by atoms with Crippen LogP contribution >= 0.6 is 0 Å². The van der Waals surface area contributed by atoms with Crippen molar-refractivity contribution in [1.29, 1.82) is 0 Å². The van der Waals surface area contributed by atoms with E-state index in [0.717, 1.165) is 67.0 Å². The smallest absolute Gasteiger partial charge is 0.126 e. The molecule has 6 aromatic rings. The minimum atomic E-state index is 0.668. The van der Waals surface area contributed by atoms with Gasteiger partial charge < -0.3 is 5.73 Å². The van der Waals surface area contributed by atoms with E-state index in [-0.39, 0.29) is 0 Å². The van der Waals surface area contributed by atoms with Gasteiger partial charge in [0, 0.05) is 71.2 Å². The van der Waals surface area contributed by atoms with Gasteiger partial charge in [0.2, 0.25) is 0 Å². The second kappa shape index (κ2) is 12.9. The van der Waals surface area contributed by atoms with Crippen molar-refractivity contribution in [3.8, 4) is 55.9 Å². The third kappa shape index (κ3) is 6.25. The average molecular weight is 571 g/mol. The van der Waals surface area contributed by atoms with Gasteiger partial charge in [0.05, 0.1) is 11.4 Å². The molecule has 4 aromatic heterocycles. The molecule has 0 aliphatic heterocycles. The van der Waals surface area contributed by atoms with E-state index >= 15 is 0 Å². The Balaban J connectivity index is 1.53. The number of rotatable bonds is 8. The highest BCUT2D eigenvalue weighted by molar-refractivity contribution is 5.84. The van der Waals surface area contributed by atoms with E-state index in [9.17, 15) is 0 Å². The lowest BCUT2D eigenvalue weighted by molar-refractivity contribution is 1.06. The molecule has 0 saturated carbocycles. The minimum absolute atomic E-state index is 0.668. The van der Waals surface area contributed by atoms with Gasteiger partial charge in [-0.05, 0) is 95.4 Å². The molecule has 2 aromatic carbocycles. The van der Waals surface area contributed by atoms with Crippen LogP contribution in [0.4, 0.5) is 0 Å². The molecular formula is C38H30N6. The first-order valence-electron chi connectivity index (χ1n) is 14.2. The van der Waals surface area contributed by atoms with Crippen LogP contribution in [0.1, 0.15) is 11.4 Å². The first kappa shape index (κ1) is 28.1. The van der Waals surface area contributed by atoms with E-state index in [4.69, 9.17) is 15.7 Å². The van der Waals surface area contributed by atoms with Gasteiger partial charge >= 0.3 is 0 Å². The molecule has 0 radical (unpaired) electrons. The molecule has 2 N–H and O–H groups in total. The Morgan fingerprint density at radius 2 is 1.07 bits per heavy atom. The zero-order valence-electron chi connectivity index (χ0n) is 24.3. The number of aryl methyl sites for hydroxylation is 1. The molecule has 4 heterocycles. The van der Waals surface area contributed by atoms with Crippen LogP contribution in [0.25, 0.3) is 61.5 Å². The predicted molar refractivity (Wildman–Crippen MR) is 179 cm³/mol. The highest BCUT2D eigenvalue weighted by atomic mass is 14.9. The minimum Gasteiger partial charge on any atom is -0.404 e. The number of nitrogens with zero attached hydrogens (tertiary/aromatic N) is 5. The fourth-order valence-electron chi connectivity index (χ4n) is 5.10. The zero-order valence-corrected chi connectivity index (χ0v) is 24.3. The monoisotopic (exact) mass is 570 g/mol. The third-order valence-electron chi connectivity index (χ3n) is 7.20. The molecule has 6 nitrogen and oxygen atoms in total. The fourth-order valence-corrected chi connectivity index (χ4v) is 5.10. The molecule has 0 atom stereocenters. The summed E-state index contributed by atoms with van der Waals surface area (Å²) < 4.78 is 0. The highest BCUT2D eigenvalue weighted by Gasteiger charge is 2.14. The molecule has 6 rings (SSSR count). The summed E-state index contributed by atoms with van der Waals surface area (Å²) >= 11 is 0. The van der Waals surface area contributed by atoms with E-state index in [1.807, 2.05) is 68.0 Å². The van der Waals surface area contributed by atoms with E-state index in [2.05, 4.69) is 70.1 Å². The molecule has 212 valence electrons. The topological polar surface area (TPSA) is 90.5 Å². The molecule has 0 amide bonds. The van der Waals surface area contributed by atoms with E-state index in [1.54, 1.807) is 30.9 Å². The van der Waals surface area contributed by atoms with E-state index in [1.165, 1.54) is 0 Å². The van der Waals surface area contributed by atoms with Gasteiger partial charge in [-0.2, -0.15) is 0 Å². The molecule has 0 saturated heterocycles. The molecule has 0 unspecified atom stereocenters. The SMILES string of the molecule is C=C/C=C\C(=C/N)c1cc(-c2cccnc2)cc(-c2cc(-c3cc(-c4cccnc4)cc(-c4cccnc4)c3)nc(C)n2)c1. The summed E-state index contributed by atoms with van der Waals surface area (Å²) in [5.74, 6) is 0.668. The van der Waals surface area contributed by atoms with Crippen LogP contribution < -0.4 is 5.73 Å². The number of benzene rings is 2. The second-order valence-electron chi connectivity index (χ2n) is 10.2. The van der Waals surface area contributed by atoms with Gasteiger partial charge in [0.1, 0.15) is 5.82 Å². The van der Waals surface area contributed by atoms with Gasteiger partial charge in [-0.15, -0.1) is 0 Å². The van der Waals surface area contributed by atoms with Crippen LogP contribution in [0.5, 0.6) is 0 Å². The van der Waals surface area contributed by atoms with Gasteiger partial charge in [-0.1, -0.05) is 43.0 Å². The maximum absolute atomic E-state index is 6.08. The maximum atomic E-state index is 6.08. The van der Waals surface area contributed by atoms with Crippen molar-refractivity contribution < 1.29 is 0 Å². The first-order valence-corrected chi connectivity index (χ1v) is 14.2. The van der Waals surface area contributed by atoms with Gasteiger partial charge in [0.15, 0.2) is 0 Å². The Hall–Kier alpha value is -6.01. The molecule has 0 bridgehead atoms. The van der Waals surface area contributed by atoms with Crippen molar-refractivity contribution in [2.75, 3.05) is 0 Å². The van der Waals surface area contributed by atoms with Crippen molar-refractivity contribution in [2.24, 2.45) is 5.73 Å². The van der Waals surface area contributed by atoms with Crippen molar-refractivity contribution in [1.82, 2.24) is 24.9 Å². The summed E-state index contributed by atoms with van der Waals surface area (Å²) in [4.78, 5) is 22.8. The van der Waals surface area contributed by atoms with Crippen LogP contribution in [0.3, 0.4) is 0 Å². The van der Waals surface area contributed by atoms with E-state index in [0.29, 0.717) is 5.82 Å². The number of pyridine rings is 3. The molecule has 6 heteroatoms. The standard InChI is InChI=1S/C38H30N6/c1-3-4-8-27(22-39)31-15-32(28-9-5-12-40-23-28)18-35(17-31)37-21-38(44-26(2)43-37)36-19-33(29-10-6-13-41-24-29)16-34(20-36)30-11-7-14-42-25-30/h3-25H,1,39H2,2H3/b8-4-,27-22+. The summed E-state index contributed by atoms with van der Waals surface area (Å²) in [5.41, 5.74) is 17.6. The first-order chi connectivity index (χ1) is 21.6. The Morgan fingerprint density at radius 1 is 0.614 bits per heavy atom. The quantitative estimate of drug-likeness (QED) is 0.185. The number of aromatic nitrogens is 5. The van der Waals surface area contributed by atoms with Crippen LogP contribution in [0, 0.1) is 6.92 Å². The summed E-state index contributed by atoms with van der Waals surface area (Å²) in [6.07, 6.45) is 18.1. The predicted octanol–water partition coefficient (Wildman–Crippen LogP) is 8.35. The molecule has 0 fully saturated rings. The normalized spacial score (nSPS) is 11.5. The zero-order chi connectivity index (χ0) is 30.3.